The Morgan fingerprint density at radius 1 is 1.27 bits per heavy atom. The maximum absolute atomic E-state index is 11.5. The molecule has 7 heteroatoms. The molecule has 0 unspecified atom stereocenters. The molecule has 0 aromatic heterocycles. The molecule has 1 N–H and O–H groups in total. The van der Waals surface area contributed by atoms with Crippen molar-refractivity contribution in [3.63, 3.8) is 0 Å². The Bertz CT molecular complexity index is 210. The maximum Gasteiger partial charge on any atom is 0.522 e. The molecule has 15 heavy (non-hydrogen) atoms. The van der Waals surface area contributed by atoms with E-state index in [4.69, 9.17) is 4.74 Å². The highest BCUT2D eigenvalue weighted by Crippen LogP contribution is 2.15. The van der Waals surface area contributed by atoms with Crippen molar-refractivity contribution in [1.29, 1.82) is 0 Å². The van der Waals surface area contributed by atoms with E-state index in [0.717, 1.165) is 0 Å². The highest BCUT2D eigenvalue weighted by molar-refractivity contribution is 5.67. The number of ether oxygens (including phenoxy) is 2. The van der Waals surface area contributed by atoms with E-state index in [9.17, 15) is 18.0 Å². The van der Waals surface area contributed by atoms with Crippen LogP contribution < -0.4 is 5.32 Å². The molecule has 4 nitrogen and oxygen atoms in total. The Labute approximate surface area is 85.7 Å². The predicted octanol–water partition coefficient (Wildman–Crippen LogP) is 2.05. The van der Waals surface area contributed by atoms with Crippen LogP contribution in [0.15, 0.2) is 0 Å². The van der Waals surface area contributed by atoms with Crippen LogP contribution in [0.4, 0.5) is 18.0 Å². The molecule has 0 spiro atoms. The third-order valence-corrected chi connectivity index (χ3v) is 1.04. The van der Waals surface area contributed by atoms with Crippen LogP contribution in [0.2, 0.25) is 0 Å². The minimum atomic E-state index is -4.67. The summed E-state index contributed by atoms with van der Waals surface area (Å²) in [5.41, 5.74) is -0.672. The molecule has 0 aliphatic heterocycles. The fourth-order valence-corrected chi connectivity index (χ4v) is 0.634. The zero-order valence-corrected chi connectivity index (χ0v) is 8.77. The summed E-state index contributed by atoms with van der Waals surface area (Å²) in [6.07, 6.45) is -5.44. The van der Waals surface area contributed by atoms with Gasteiger partial charge in [-0.25, -0.2) is 4.79 Å². The van der Waals surface area contributed by atoms with Crippen LogP contribution in [-0.4, -0.2) is 31.2 Å². The highest BCUT2D eigenvalue weighted by Gasteiger charge is 2.28. The Hall–Kier alpha value is -0.980. The molecule has 0 bridgehead atoms. The monoisotopic (exact) mass is 229 g/mol. The summed E-state index contributed by atoms with van der Waals surface area (Å²) in [6, 6.07) is 0. The van der Waals surface area contributed by atoms with Gasteiger partial charge in [0, 0.05) is 6.54 Å². The molecule has 0 heterocycles. The van der Waals surface area contributed by atoms with E-state index in [1.165, 1.54) is 0 Å². The standard InChI is InChI=1S/C8H14F3NO3/c1-7(2,3)15-6(13)12-4-5-14-8(9,10)11/h4-5H2,1-3H3,(H,12,13). The largest absolute Gasteiger partial charge is 0.522 e. The van der Waals surface area contributed by atoms with Crippen LogP contribution in [0.3, 0.4) is 0 Å². The fraction of sp³-hybridized carbons (Fsp3) is 0.875. The molecule has 0 fully saturated rings. The molecule has 0 aromatic carbocycles. The van der Waals surface area contributed by atoms with Crippen LogP contribution in [0, 0.1) is 0 Å². The fourth-order valence-electron chi connectivity index (χ4n) is 0.634. The smallest absolute Gasteiger partial charge is 0.444 e. The molecule has 0 aromatic rings. The molecule has 1 amide bonds. The van der Waals surface area contributed by atoms with Gasteiger partial charge >= 0.3 is 12.5 Å². The van der Waals surface area contributed by atoms with Gasteiger partial charge in [0.25, 0.3) is 0 Å². The van der Waals surface area contributed by atoms with Crippen LogP contribution in [0.1, 0.15) is 20.8 Å². The second kappa shape index (κ2) is 5.20. The lowest BCUT2D eigenvalue weighted by Gasteiger charge is -2.19. The van der Waals surface area contributed by atoms with Crippen molar-refractivity contribution in [1.82, 2.24) is 5.32 Å². The summed E-state index contributed by atoms with van der Waals surface area (Å²) in [6.45, 7) is 4.06. The molecule has 0 radical (unpaired) electrons. The van der Waals surface area contributed by atoms with E-state index >= 15 is 0 Å². The van der Waals surface area contributed by atoms with Gasteiger partial charge in [0.2, 0.25) is 0 Å². The number of nitrogens with one attached hydrogen (secondary N) is 1. The molecule has 0 saturated carbocycles. The van der Waals surface area contributed by atoms with E-state index in [0.29, 0.717) is 0 Å². The lowest BCUT2D eigenvalue weighted by atomic mass is 10.2. The average molecular weight is 229 g/mol. The molecule has 0 atom stereocenters. The number of alkyl halides is 3. The zero-order chi connectivity index (χ0) is 12.1. The van der Waals surface area contributed by atoms with Gasteiger partial charge in [-0.05, 0) is 20.8 Å². The van der Waals surface area contributed by atoms with Crippen LogP contribution >= 0.6 is 0 Å². The van der Waals surface area contributed by atoms with E-state index in [1.54, 1.807) is 20.8 Å². The molecule has 0 aliphatic carbocycles. The first-order valence-corrected chi connectivity index (χ1v) is 4.28. The van der Waals surface area contributed by atoms with Gasteiger partial charge in [0.05, 0.1) is 6.61 Å². The van der Waals surface area contributed by atoms with Gasteiger partial charge in [-0.1, -0.05) is 0 Å². The number of halogens is 3. The van der Waals surface area contributed by atoms with Crippen molar-refractivity contribution in [3.05, 3.63) is 0 Å². The number of carbonyl (C=O) groups excluding carboxylic acids is 1. The number of alkyl carbamates (subject to hydrolysis) is 1. The van der Waals surface area contributed by atoms with E-state index in [-0.39, 0.29) is 6.54 Å². The summed E-state index contributed by atoms with van der Waals surface area (Å²) in [5.74, 6) is 0. The topological polar surface area (TPSA) is 47.6 Å². The molecule has 0 rings (SSSR count). The quantitative estimate of drug-likeness (QED) is 0.753. The number of rotatable bonds is 3. The second-order valence-corrected chi connectivity index (χ2v) is 3.72. The molecule has 0 aliphatic rings. The Kier molecular flexibility index (Phi) is 4.86. The van der Waals surface area contributed by atoms with Crippen molar-refractivity contribution >= 4 is 6.09 Å². The van der Waals surface area contributed by atoms with Gasteiger partial charge in [0.1, 0.15) is 5.60 Å². The average Bonchev–Trinajstić information content (AvgIpc) is 1.92. The lowest BCUT2D eigenvalue weighted by Crippen LogP contribution is -2.35. The number of amides is 1. The predicted molar refractivity (Wildman–Crippen MR) is 46.2 cm³/mol. The second-order valence-electron chi connectivity index (χ2n) is 3.72. The summed E-state index contributed by atoms with van der Waals surface area (Å²) in [5, 5.41) is 2.13. The van der Waals surface area contributed by atoms with Crippen molar-refractivity contribution in [2.45, 2.75) is 32.7 Å². The molecule has 0 saturated heterocycles. The van der Waals surface area contributed by atoms with Crippen molar-refractivity contribution in [2.75, 3.05) is 13.2 Å². The van der Waals surface area contributed by atoms with Gasteiger partial charge in [-0.3, -0.25) is 4.74 Å². The zero-order valence-electron chi connectivity index (χ0n) is 8.77. The first-order valence-electron chi connectivity index (χ1n) is 4.28. The van der Waals surface area contributed by atoms with Crippen molar-refractivity contribution in [3.8, 4) is 0 Å². The van der Waals surface area contributed by atoms with Crippen molar-refractivity contribution in [2.24, 2.45) is 0 Å². The summed E-state index contributed by atoms with van der Waals surface area (Å²) in [7, 11) is 0. The first-order chi connectivity index (χ1) is 6.60. The number of hydrogen-bond acceptors (Lipinski definition) is 3. The van der Waals surface area contributed by atoms with Gasteiger partial charge in [-0.15, -0.1) is 13.2 Å². The first kappa shape index (κ1) is 14.0. The Morgan fingerprint density at radius 3 is 2.20 bits per heavy atom. The molecule has 90 valence electrons. The maximum atomic E-state index is 11.5. The minimum Gasteiger partial charge on any atom is -0.444 e. The Morgan fingerprint density at radius 2 is 1.80 bits per heavy atom. The van der Waals surface area contributed by atoms with Crippen molar-refractivity contribution < 1.29 is 27.4 Å². The third-order valence-electron chi connectivity index (χ3n) is 1.04. The Balaban J connectivity index is 3.57. The lowest BCUT2D eigenvalue weighted by molar-refractivity contribution is -0.323. The van der Waals surface area contributed by atoms with E-state index in [1.807, 2.05) is 0 Å². The normalized spacial score (nSPS) is 12.4. The van der Waals surface area contributed by atoms with Gasteiger partial charge < -0.3 is 10.1 Å². The van der Waals surface area contributed by atoms with Crippen LogP contribution in [0.5, 0.6) is 0 Å². The number of hydrogen-bond donors (Lipinski definition) is 1. The summed E-state index contributed by atoms with van der Waals surface area (Å²) < 4.78 is 42.7. The third kappa shape index (κ3) is 10.9. The molecular weight excluding hydrogens is 215 g/mol. The van der Waals surface area contributed by atoms with E-state index in [2.05, 4.69) is 10.1 Å². The number of carbonyl (C=O) groups is 1. The van der Waals surface area contributed by atoms with Gasteiger partial charge in [0.15, 0.2) is 0 Å². The van der Waals surface area contributed by atoms with Crippen LogP contribution in [-0.2, 0) is 9.47 Å². The SMILES string of the molecule is CC(C)(C)OC(=O)NCCOC(F)(F)F. The summed E-state index contributed by atoms with van der Waals surface area (Å²) >= 11 is 0. The highest BCUT2D eigenvalue weighted by atomic mass is 19.4. The van der Waals surface area contributed by atoms with E-state index < -0.39 is 24.7 Å². The summed E-state index contributed by atoms with van der Waals surface area (Å²) in [4.78, 5) is 10.9. The molecular formula is C8H14F3NO3. The van der Waals surface area contributed by atoms with Crippen LogP contribution in [0.25, 0.3) is 0 Å². The minimum absolute atomic E-state index is 0.256. The van der Waals surface area contributed by atoms with Gasteiger partial charge in [-0.2, -0.15) is 0 Å².